The number of nitrogens with zero attached hydrogens (tertiary/aromatic N) is 1. The van der Waals surface area contributed by atoms with Gasteiger partial charge in [0.2, 0.25) is 0 Å². The first-order chi connectivity index (χ1) is 9.00. The van der Waals surface area contributed by atoms with E-state index in [1.807, 2.05) is 0 Å². The minimum Gasteiger partial charge on any atom is -0.495 e. The lowest BCUT2D eigenvalue weighted by molar-refractivity contribution is 0.368. The van der Waals surface area contributed by atoms with Crippen LogP contribution in [0.5, 0.6) is 11.5 Å². The molecule has 1 aromatic carbocycles. The van der Waals surface area contributed by atoms with Crippen molar-refractivity contribution in [2.24, 2.45) is 5.73 Å². The number of benzene rings is 1. The van der Waals surface area contributed by atoms with Crippen molar-refractivity contribution in [3.05, 3.63) is 18.2 Å². The van der Waals surface area contributed by atoms with Crippen LogP contribution in [0.25, 0.3) is 0 Å². The van der Waals surface area contributed by atoms with Crippen LogP contribution in [0.15, 0.2) is 23.1 Å². The van der Waals surface area contributed by atoms with Crippen LogP contribution < -0.4 is 15.2 Å². The monoisotopic (exact) mass is 286 g/mol. The first-order valence-corrected chi connectivity index (χ1v) is 7.41. The molecule has 0 radical (unpaired) electrons. The smallest absolute Gasteiger partial charge is 0.250 e. The third kappa shape index (κ3) is 2.54. The zero-order valence-corrected chi connectivity index (χ0v) is 11.8. The standard InChI is InChI=1S/C12H18N2O4S/c1-17-10-4-3-5-11(18-2)12(10)19(15,16)14-7-6-9(13)8-14/h3-5,9H,6-8,13H2,1-2H3/t9-/m1/s1. The van der Waals surface area contributed by atoms with Crippen LogP contribution in [0.4, 0.5) is 0 Å². The molecule has 0 bridgehead atoms. The van der Waals surface area contributed by atoms with Gasteiger partial charge in [-0.2, -0.15) is 4.31 Å². The Hall–Kier alpha value is -1.31. The lowest BCUT2D eigenvalue weighted by Gasteiger charge is -2.19. The van der Waals surface area contributed by atoms with Gasteiger partial charge in [-0.05, 0) is 18.6 Å². The van der Waals surface area contributed by atoms with Crippen molar-refractivity contribution in [3.8, 4) is 11.5 Å². The zero-order chi connectivity index (χ0) is 14.0. The van der Waals surface area contributed by atoms with E-state index < -0.39 is 10.0 Å². The summed E-state index contributed by atoms with van der Waals surface area (Å²) >= 11 is 0. The number of sulfonamides is 1. The first kappa shape index (κ1) is 14.1. The molecule has 0 aromatic heterocycles. The maximum atomic E-state index is 12.6. The topological polar surface area (TPSA) is 81.9 Å². The highest BCUT2D eigenvalue weighted by atomic mass is 32.2. The Morgan fingerprint density at radius 2 is 1.84 bits per heavy atom. The lowest BCUT2D eigenvalue weighted by atomic mass is 10.3. The molecular formula is C12H18N2O4S. The van der Waals surface area contributed by atoms with E-state index in [-0.39, 0.29) is 22.4 Å². The van der Waals surface area contributed by atoms with Crippen LogP contribution in [0.3, 0.4) is 0 Å². The second-order valence-electron chi connectivity index (χ2n) is 4.40. The fourth-order valence-corrected chi connectivity index (χ4v) is 3.98. The number of ether oxygens (including phenoxy) is 2. The van der Waals surface area contributed by atoms with Crippen molar-refractivity contribution in [3.63, 3.8) is 0 Å². The number of methoxy groups -OCH3 is 2. The van der Waals surface area contributed by atoms with E-state index in [1.54, 1.807) is 18.2 Å². The summed E-state index contributed by atoms with van der Waals surface area (Å²) in [6.07, 6.45) is 0.663. The maximum absolute atomic E-state index is 12.6. The van der Waals surface area contributed by atoms with Gasteiger partial charge in [0, 0.05) is 19.1 Å². The minimum atomic E-state index is -3.65. The highest BCUT2D eigenvalue weighted by Gasteiger charge is 2.35. The van der Waals surface area contributed by atoms with E-state index in [2.05, 4.69) is 0 Å². The second kappa shape index (κ2) is 5.36. The molecule has 0 aliphatic carbocycles. The summed E-state index contributed by atoms with van der Waals surface area (Å²) < 4.78 is 37.0. The molecule has 0 saturated carbocycles. The van der Waals surface area contributed by atoms with Crippen molar-refractivity contribution in [2.45, 2.75) is 17.4 Å². The molecule has 0 amide bonds. The molecule has 1 aliphatic heterocycles. The molecule has 0 unspecified atom stereocenters. The highest BCUT2D eigenvalue weighted by Crippen LogP contribution is 2.35. The molecule has 6 nitrogen and oxygen atoms in total. The van der Waals surface area contributed by atoms with Gasteiger partial charge >= 0.3 is 0 Å². The van der Waals surface area contributed by atoms with Crippen LogP contribution >= 0.6 is 0 Å². The van der Waals surface area contributed by atoms with Gasteiger partial charge in [-0.25, -0.2) is 8.42 Å². The largest absolute Gasteiger partial charge is 0.495 e. The second-order valence-corrected chi connectivity index (χ2v) is 6.28. The molecule has 2 rings (SSSR count). The van der Waals surface area contributed by atoms with Crippen LogP contribution in [0.1, 0.15) is 6.42 Å². The summed E-state index contributed by atoms with van der Waals surface area (Å²) in [5.74, 6) is 0.555. The number of hydrogen-bond donors (Lipinski definition) is 1. The van der Waals surface area contributed by atoms with Gasteiger partial charge in [0.05, 0.1) is 14.2 Å². The van der Waals surface area contributed by atoms with E-state index in [9.17, 15) is 8.42 Å². The molecule has 2 N–H and O–H groups in total. The molecule has 1 heterocycles. The predicted octanol–water partition coefficient (Wildman–Crippen LogP) is 0.426. The molecule has 1 fully saturated rings. The van der Waals surface area contributed by atoms with Crippen LogP contribution in [-0.4, -0.2) is 46.1 Å². The predicted molar refractivity (Wildman–Crippen MR) is 70.9 cm³/mol. The van der Waals surface area contributed by atoms with Gasteiger partial charge in [0.1, 0.15) is 11.5 Å². The van der Waals surface area contributed by atoms with Gasteiger partial charge in [0.25, 0.3) is 10.0 Å². The Balaban J connectivity index is 2.50. The van der Waals surface area contributed by atoms with Crippen molar-refractivity contribution < 1.29 is 17.9 Å². The Morgan fingerprint density at radius 1 is 1.26 bits per heavy atom. The highest BCUT2D eigenvalue weighted by molar-refractivity contribution is 7.89. The molecular weight excluding hydrogens is 268 g/mol. The van der Waals surface area contributed by atoms with Gasteiger partial charge < -0.3 is 15.2 Å². The van der Waals surface area contributed by atoms with Crippen molar-refractivity contribution in [2.75, 3.05) is 27.3 Å². The molecule has 1 atom stereocenters. The maximum Gasteiger partial charge on any atom is 0.250 e. The van der Waals surface area contributed by atoms with Gasteiger partial charge in [-0.1, -0.05) is 6.07 Å². The quantitative estimate of drug-likeness (QED) is 0.867. The summed E-state index contributed by atoms with van der Waals surface area (Å²) in [6, 6.07) is 4.78. The van der Waals surface area contributed by atoms with Gasteiger partial charge in [0.15, 0.2) is 4.90 Å². The van der Waals surface area contributed by atoms with E-state index in [0.717, 1.165) is 0 Å². The van der Waals surface area contributed by atoms with E-state index in [4.69, 9.17) is 15.2 Å². The Kier molecular flexibility index (Phi) is 3.98. The van der Waals surface area contributed by atoms with Crippen LogP contribution in [0, 0.1) is 0 Å². The fraction of sp³-hybridized carbons (Fsp3) is 0.500. The van der Waals surface area contributed by atoms with Crippen LogP contribution in [-0.2, 0) is 10.0 Å². The third-order valence-corrected chi connectivity index (χ3v) is 5.10. The summed E-state index contributed by atoms with van der Waals surface area (Å²) in [5.41, 5.74) is 5.77. The number of rotatable bonds is 4. The van der Waals surface area contributed by atoms with Crippen molar-refractivity contribution >= 4 is 10.0 Å². The summed E-state index contributed by atoms with van der Waals surface area (Å²) in [5, 5.41) is 0. The van der Waals surface area contributed by atoms with E-state index >= 15 is 0 Å². The SMILES string of the molecule is COc1cccc(OC)c1S(=O)(=O)N1CC[C@@H](N)C1. The van der Waals surface area contributed by atoms with E-state index in [0.29, 0.717) is 19.5 Å². The Bertz CT molecular complexity index is 537. The van der Waals surface area contributed by atoms with Gasteiger partial charge in [-0.15, -0.1) is 0 Å². The first-order valence-electron chi connectivity index (χ1n) is 5.97. The molecule has 1 aromatic rings. The van der Waals surface area contributed by atoms with Gasteiger partial charge in [-0.3, -0.25) is 0 Å². The molecule has 7 heteroatoms. The summed E-state index contributed by atoms with van der Waals surface area (Å²) in [4.78, 5) is 0.0640. The van der Waals surface area contributed by atoms with Crippen molar-refractivity contribution in [1.29, 1.82) is 0 Å². The Morgan fingerprint density at radius 3 is 2.26 bits per heavy atom. The van der Waals surface area contributed by atoms with E-state index in [1.165, 1.54) is 18.5 Å². The molecule has 106 valence electrons. The summed E-state index contributed by atoms with van der Waals surface area (Å²) in [6.45, 7) is 0.744. The number of nitrogens with two attached hydrogens (primary N) is 1. The molecule has 1 saturated heterocycles. The summed E-state index contributed by atoms with van der Waals surface area (Å²) in [7, 11) is -0.786. The molecule has 19 heavy (non-hydrogen) atoms. The average Bonchev–Trinajstić information content (AvgIpc) is 2.85. The van der Waals surface area contributed by atoms with Crippen molar-refractivity contribution in [1.82, 2.24) is 4.31 Å². The lowest BCUT2D eigenvalue weighted by Crippen LogP contribution is -2.32. The normalized spacial score (nSPS) is 20.5. The third-order valence-electron chi connectivity index (χ3n) is 3.17. The Labute approximate surface area is 113 Å². The van der Waals surface area contributed by atoms with Crippen LogP contribution in [0.2, 0.25) is 0 Å². The zero-order valence-electron chi connectivity index (χ0n) is 11.0. The minimum absolute atomic E-state index is 0.0640. The number of hydrogen-bond acceptors (Lipinski definition) is 5. The molecule has 1 aliphatic rings. The average molecular weight is 286 g/mol. The fourth-order valence-electron chi connectivity index (χ4n) is 2.17. The molecule has 0 spiro atoms.